The van der Waals surface area contributed by atoms with Gasteiger partial charge in [0.15, 0.2) is 5.69 Å². The number of hydrogen-bond donors (Lipinski definition) is 2. The van der Waals surface area contributed by atoms with Gasteiger partial charge in [-0.2, -0.15) is 0 Å². The first kappa shape index (κ1) is 21.5. The zero-order chi connectivity index (χ0) is 19.9. The van der Waals surface area contributed by atoms with Gasteiger partial charge >= 0.3 is 0 Å². The van der Waals surface area contributed by atoms with Gasteiger partial charge in [-0.05, 0) is 58.0 Å². The van der Waals surface area contributed by atoms with E-state index in [1.54, 1.807) is 12.1 Å². The fraction of sp³-hybridized carbons (Fsp3) is 0.438. The molecule has 11 heteroatoms. The lowest BCUT2D eigenvalue weighted by Crippen LogP contribution is -2.14. The van der Waals surface area contributed by atoms with E-state index in [4.69, 9.17) is 9.74 Å². The van der Waals surface area contributed by atoms with Crippen molar-refractivity contribution in [2.45, 2.75) is 25.7 Å². The summed E-state index contributed by atoms with van der Waals surface area (Å²) in [5.41, 5.74) is 1.46. The molecule has 27 heavy (non-hydrogen) atoms. The monoisotopic (exact) mass is 463 g/mol. The molecule has 0 saturated carbocycles. The minimum absolute atomic E-state index is 0.0597. The summed E-state index contributed by atoms with van der Waals surface area (Å²) in [4.78, 5) is 0. The Morgan fingerprint density at radius 2 is 2.00 bits per heavy atom. The Labute approximate surface area is 164 Å². The van der Waals surface area contributed by atoms with E-state index in [1.165, 1.54) is 6.07 Å². The van der Waals surface area contributed by atoms with E-state index in [-0.39, 0.29) is 59.7 Å². The molecule has 2 rings (SSSR count). The summed E-state index contributed by atoms with van der Waals surface area (Å²) in [7, 11) is -3.25. The van der Waals surface area contributed by atoms with Crippen LogP contribution in [0, 0.1) is 5.82 Å². The van der Waals surface area contributed by atoms with E-state index in [9.17, 15) is 18.0 Å². The van der Waals surface area contributed by atoms with Gasteiger partial charge in [-0.3, -0.25) is 0 Å². The first-order valence-electron chi connectivity index (χ1n) is 8.14. The van der Waals surface area contributed by atoms with Crippen LogP contribution in [0.2, 0.25) is 0 Å². The molecule has 0 aliphatic rings. The molecule has 148 valence electrons. The number of aromatic nitrogens is 2. The third kappa shape index (κ3) is 6.36. The van der Waals surface area contributed by atoms with Gasteiger partial charge in [-0.25, -0.2) is 17.4 Å². The molecule has 1 aromatic heterocycles. The first-order valence-corrected chi connectivity index (χ1v) is 10.8. The Morgan fingerprint density at radius 3 is 2.67 bits per heavy atom. The molecule has 1 heterocycles. The molecule has 2 aromatic rings. The highest BCUT2D eigenvalue weighted by atomic mass is 79.9. The van der Waals surface area contributed by atoms with Gasteiger partial charge in [0.2, 0.25) is 0 Å². The summed E-state index contributed by atoms with van der Waals surface area (Å²) in [6.07, 6.45) is 0.915. The van der Waals surface area contributed by atoms with Gasteiger partial charge in [0, 0.05) is 13.0 Å². The predicted molar refractivity (Wildman–Crippen MR) is 99.1 cm³/mol. The minimum Gasteiger partial charge on any atom is -0.411 e. The zero-order valence-corrected chi connectivity index (χ0v) is 16.7. The maximum atomic E-state index is 13.3. The molecule has 0 bridgehead atoms. The van der Waals surface area contributed by atoms with Crippen molar-refractivity contribution in [1.82, 2.24) is 10.3 Å². The summed E-state index contributed by atoms with van der Waals surface area (Å²) in [6, 6.07) is 4.39. The number of oxime groups is 1. The Balaban J connectivity index is 2.04. The van der Waals surface area contributed by atoms with Gasteiger partial charge in [0.1, 0.15) is 27.1 Å². The highest BCUT2D eigenvalue weighted by Gasteiger charge is 2.19. The van der Waals surface area contributed by atoms with Crippen molar-refractivity contribution in [3.63, 3.8) is 0 Å². The Hall–Kier alpha value is -1.85. The normalized spacial score (nSPS) is 12.5. The Bertz CT molecular complexity index is 901. The number of benzene rings is 1. The van der Waals surface area contributed by atoms with Gasteiger partial charge < -0.3 is 10.3 Å². The van der Waals surface area contributed by atoms with Crippen LogP contribution in [0.5, 0.6) is 0 Å². The SMILES string of the molecule is O=S(=O)(CCCO)CCCc1nonc1/C(Cc1ccc(F)c(Br)c1)=N/O. The van der Waals surface area contributed by atoms with Crippen molar-refractivity contribution in [3.05, 3.63) is 45.4 Å². The van der Waals surface area contributed by atoms with Crippen LogP contribution in [0.15, 0.2) is 32.5 Å². The minimum atomic E-state index is -3.25. The number of nitrogens with zero attached hydrogens (tertiary/aromatic N) is 3. The average Bonchev–Trinajstić information content (AvgIpc) is 3.09. The predicted octanol–water partition coefficient (Wildman–Crippen LogP) is 2.12. The molecule has 0 radical (unpaired) electrons. The van der Waals surface area contributed by atoms with Crippen molar-refractivity contribution < 1.29 is 27.8 Å². The highest BCUT2D eigenvalue weighted by molar-refractivity contribution is 9.10. The molecule has 0 aliphatic heterocycles. The third-order valence-corrected chi connectivity index (χ3v) is 6.22. The van der Waals surface area contributed by atoms with Crippen molar-refractivity contribution in [2.75, 3.05) is 18.1 Å². The fourth-order valence-corrected chi connectivity index (χ4v) is 4.23. The highest BCUT2D eigenvalue weighted by Crippen LogP contribution is 2.19. The van der Waals surface area contributed by atoms with Gasteiger partial charge in [-0.1, -0.05) is 16.4 Å². The molecule has 0 unspecified atom stereocenters. The number of aliphatic hydroxyl groups is 1. The molecular formula is C16H19BrFN3O5S. The lowest BCUT2D eigenvalue weighted by molar-refractivity contribution is 0.295. The fourth-order valence-electron chi connectivity index (χ4n) is 2.45. The van der Waals surface area contributed by atoms with Gasteiger partial charge in [0.05, 0.1) is 16.0 Å². The lowest BCUT2D eigenvalue weighted by atomic mass is 10.0. The molecule has 0 spiro atoms. The smallest absolute Gasteiger partial charge is 0.156 e. The van der Waals surface area contributed by atoms with Gasteiger partial charge in [0.25, 0.3) is 0 Å². The maximum Gasteiger partial charge on any atom is 0.156 e. The molecule has 8 nitrogen and oxygen atoms in total. The van der Waals surface area contributed by atoms with Crippen LogP contribution in [-0.4, -0.2) is 52.9 Å². The van der Waals surface area contributed by atoms with Crippen LogP contribution in [0.4, 0.5) is 4.39 Å². The van der Waals surface area contributed by atoms with E-state index in [2.05, 4.69) is 31.4 Å². The summed E-state index contributed by atoms with van der Waals surface area (Å²) < 4.78 is 42.0. The van der Waals surface area contributed by atoms with Gasteiger partial charge in [-0.15, -0.1) is 0 Å². The van der Waals surface area contributed by atoms with Crippen molar-refractivity contribution >= 4 is 31.5 Å². The van der Waals surface area contributed by atoms with Crippen LogP contribution in [0.1, 0.15) is 29.8 Å². The quantitative estimate of drug-likeness (QED) is 0.313. The second-order valence-electron chi connectivity index (χ2n) is 5.86. The number of halogens is 2. The topological polar surface area (TPSA) is 126 Å². The molecule has 0 fully saturated rings. The molecule has 0 atom stereocenters. The molecule has 0 aliphatic carbocycles. The summed E-state index contributed by atoms with van der Waals surface area (Å²) in [5, 5.41) is 28.8. The number of sulfone groups is 1. The summed E-state index contributed by atoms with van der Waals surface area (Å²) in [6.45, 7) is -0.174. The number of rotatable bonds is 10. The van der Waals surface area contributed by atoms with E-state index in [0.717, 1.165) is 0 Å². The van der Waals surface area contributed by atoms with E-state index < -0.39 is 15.7 Å². The largest absolute Gasteiger partial charge is 0.411 e. The Morgan fingerprint density at radius 1 is 1.26 bits per heavy atom. The van der Waals surface area contributed by atoms with Crippen molar-refractivity contribution in [3.8, 4) is 0 Å². The molecule has 0 saturated heterocycles. The van der Waals surface area contributed by atoms with Crippen LogP contribution in [0.25, 0.3) is 0 Å². The standard InChI is InChI=1S/C16H19BrFN3O5S/c17-12-9-11(4-5-13(12)18)10-15(19-23)16-14(20-26-21-16)3-1-7-27(24,25)8-2-6-22/h4-5,9,22-23H,1-3,6-8,10H2/b19-15+. The van der Waals surface area contributed by atoms with Crippen LogP contribution in [0.3, 0.4) is 0 Å². The maximum absolute atomic E-state index is 13.3. The van der Waals surface area contributed by atoms with Crippen LogP contribution >= 0.6 is 15.9 Å². The molecular weight excluding hydrogens is 445 g/mol. The van der Waals surface area contributed by atoms with Crippen molar-refractivity contribution in [1.29, 1.82) is 0 Å². The second kappa shape index (κ2) is 9.90. The van der Waals surface area contributed by atoms with E-state index in [1.807, 2.05) is 0 Å². The molecule has 2 N–H and O–H groups in total. The van der Waals surface area contributed by atoms with Crippen LogP contribution in [-0.2, 0) is 22.7 Å². The first-order chi connectivity index (χ1) is 12.9. The third-order valence-electron chi connectivity index (χ3n) is 3.79. The van der Waals surface area contributed by atoms with Crippen molar-refractivity contribution in [2.24, 2.45) is 5.16 Å². The van der Waals surface area contributed by atoms with Crippen LogP contribution < -0.4 is 0 Å². The number of hydrogen-bond acceptors (Lipinski definition) is 8. The summed E-state index contributed by atoms with van der Waals surface area (Å²) >= 11 is 3.10. The zero-order valence-electron chi connectivity index (χ0n) is 14.3. The number of aliphatic hydroxyl groups excluding tert-OH is 1. The summed E-state index contributed by atoms with van der Waals surface area (Å²) in [5.74, 6) is -0.543. The molecule has 1 aromatic carbocycles. The lowest BCUT2D eigenvalue weighted by Gasteiger charge is -2.05. The van der Waals surface area contributed by atoms with E-state index >= 15 is 0 Å². The molecule has 0 amide bonds. The second-order valence-corrected chi connectivity index (χ2v) is 9.02. The number of aryl methyl sites for hydroxylation is 1. The van der Waals surface area contributed by atoms with E-state index in [0.29, 0.717) is 11.3 Å². The average molecular weight is 464 g/mol. The Kier molecular flexibility index (Phi) is 7.87.